The van der Waals surface area contributed by atoms with Crippen molar-refractivity contribution in [2.75, 3.05) is 4.90 Å². The molecule has 1 saturated heterocycles. The minimum Gasteiger partial charge on any atom is -0.351 e. The molecular formula is C27H31FN4S. The Morgan fingerprint density at radius 2 is 1.82 bits per heavy atom. The van der Waals surface area contributed by atoms with Crippen LogP contribution in [0.5, 0.6) is 0 Å². The Morgan fingerprint density at radius 1 is 1.03 bits per heavy atom. The maximum Gasteiger partial charge on any atom is 0.174 e. The number of pyridine rings is 1. The van der Waals surface area contributed by atoms with E-state index in [4.69, 9.17) is 12.2 Å². The molecule has 6 heteroatoms. The molecule has 2 fully saturated rings. The summed E-state index contributed by atoms with van der Waals surface area (Å²) in [6.45, 7) is 6.25. The quantitative estimate of drug-likeness (QED) is 0.441. The van der Waals surface area contributed by atoms with Gasteiger partial charge in [0.15, 0.2) is 5.11 Å². The van der Waals surface area contributed by atoms with Crippen LogP contribution in [-0.2, 0) is 0 Å². The number of anilines is 1. The van der Waals surface area contributed by atoms with Crippen molar-refractivity contribution < 1.29 is 4.39 Å². The molecule has 1 aliphatic heterocycles. The summed E-state index contributed by atoms with van der Waals surface area (Å²) in [5, 5.41) is 4.17. The van der Waals surface area contributed by atoms with E-state index in [0.29, 0.717) is 16.7 Å². The van der Waals surface area contributed by atoms with Gasteiger partial charge in [0.25, 0.3) is 0 Å². The molecule has 33 heavy (non-hydrogen) atoms. The van der Waals surface area contributed by atoms with Crippen LogP contribution in [0.2, 0.25) is 0 Å². The summed E-state index contributed by atoms with van der Waals surface area (Å²) >= 11 is 5.85. The molecule has 4 nitrogen and oxygen atoms in total. The third kappa shape index (κ3) is 3.95. The number of rotatable bonds is 4. The zero-order valence-electron chi connectivity index (χ0n) is 19.5. The minimum atomic E-state index is -0.204. The van der Waals surface area contributed by atoms with Gasteiger partial charge in [-0.05, 0) is 93.4 Å². The fourth-order valence-electron chi connectivity index (χ4n) is 5.73. The van der Waals surface area contributed by atoms with Crippen molar-refractivity contribution in [1.29, 1.82) is 0 Å². The molecule has 3 aromatic rings. The Morgan fingerprint density at radius 3 is 2.52 bits per heavy atom. The topological polar surface area (TPSA) is 33.1 Å². The van der Waals surface area contributed by atoms with Gasteiger partial charge in [0.1, 0.15) is 5.82 Å². The van der Waals surface area contributed by atoms with Crippen LogP contribution in [0.1, 0.15) is 78.4 Å². The monoisotopic (exact) mass is 462 g/mol. The molecule has 2 aromatic heterocycles. The average Bonchev–Trinajstić information content (AvgIpc) is 3.32. The fourth-order valence-corrected chi connectivity index (χ4v) is 6.08. The van der Waals surface area contributed by atoms with Crippen molar-refractivity contribution in [2.24, 2.45) is 0 Å². The molecule has 0 spiro atoms. The largest absolute Gasteiger partial charge is 0.351 e. The van der Waals surface area contributed by atoms with Gasteiger partial charge in [-0.25, -0.2) is 4.39 Å². The van der Waals surface area contributed by atoms with Gasteiger partial charge in [-0.2, -0.15) is 0 Å². The van der Waals surface area contributed by atoms with E-state index in [0.717, 1.165) is 11.4 Å². The van der Waals surface area contributed by atoms with Crippen molar-refractivity contribution in [3.8, 4) is 0 Å². The second-order valence-corrected chi connectivity index (χ2v) is 9.81. The summed E-state index contributed by atoms with van der Waals surface area (Å²) < 4.78 is 16.6. The second-order valence-electron chi connectivity index (χ2n) is 9.42. The van der Waals surface area contributed by atoms with Crippen LogP contribution >= 0.6 is 12.2 Å². The lowest BCUT2D eigenvalue weighted by Crippen LogP contribution is -2.29. The highest BCUT2D eigenvalue weighted by molar-refractivity contribution is 7.80. The Hall–Kier alpha value is -2.73. The molecule has 0 amide bonds. The molecule has 2 aliphatic rings. The Bertz CT molecular complexity index is 1170. The van der Waals surface area contributed by atoms with Crippen molar-refractivity contribution in [1.82, 2.24) is 14.9 Å². The van der Waals surface area contributed by atoms with Crippen LogP contribution in [-0.4, -0.2) is 14.7 Å². The number of hydrogen-bond acceptors (Lipinski definition) is 2. The van der Waals surface area contributed by atoms with Crippen molar-refractivity contribution in [3.05, 3.63) is 82.7 Å². The molecule has 1 saturated carbocycles. The first-order valence-corrected chi connectivity index (χ1v) is 12.3. The third-order valence-electron chi connectivity index (χ3n) is 7.30. The van der Waals surface area contributed by atoms with Gasteiger partial charge in [0.05, 0.1) is 17.8 Å². The minimum absolute atomic E-state index is 0.0687. The van der Waals surface area contributed by atoms with Crippen LogP contribution in [0.4, 0.5) is 10.1 Å². The van der Waals surface area contributed by atoms with E-state index in [9.17, 15) is 4.39 Å². The molecule has 5 rings (SSSR count). The first-order chi connectivity index (χ1) is 16.0. The van der Waals surface area contributed by atoms with Gasteiger partial charge in [-0.3, -0.25) is 4.98 Å². The van der Waals surface area contributed by atoms with E-state index in [1.54, 1.807) is 6.92 Å². The predicted octanol–water partition coefficient (Wildman–Crippen LogP) is 6.63. The fraction of sp³-hybridized carbons (Fsp3) is 0.407. The van der Waals surface area contributed by atoms with E-state index in [1.165, 1.54) is 55.1 Å². The normalized spacial score (nSPS) is 21.5. The third-order valence-corrected chi connectivity index (χ3v) is 7.61. The second kappa shape index (κ2) is 8.90. The highest BCUT2D eigenvalue weighted by atomic mass is 32.1. The molecular weight excluding hydrogens is 431 g/mol. The predicted molar refractivity (Wildman–Crippen MR) is 135 cm³/mol. The van der Waals surface area contributed by atoms with Crippen LogP contribution < -0.4 is 10.2 Å². The van der Waals surface area contributed by atoms with Gasteiger partial charge in [0.2, 0.25) is 0 Å². The van der Waals surface area contributed by atoms with Crippen molar-refractivity contribution >= 4 is 23.0 Å². The van der Waals surface area contributed by atoms with E-state index in [-0.39, 0.29) is 17.9 Å². The highest BCUT2D eigenvalue weighted by Crippen LogP contribution is 2.44. The number of thiocarbonyl (C=S) groups is 1. The molecule has 0 radical (unpaired) electrons. The summed E-state index contributed by atoms with van der Waals surface area (Å²) in [5.74, 6) is -0.204. The number of nitrogens with one attached hydrogen (secondary N) is 1. The lowest BCUT2D eigenvalue weighted by molar-refractivity contribution is 0.345. The molecule has 172 valence electrons. The zero-order valence-corrected chi connectivity index (χ0v) is 20.3. The Labute approximate surface area is 200 Å². The first kappa shape index (κ1) is 22.1. The number of hydrogen-bond donors (Lipinski definition) is 1. The standard InChI is InChI=1S/C27H31FN4S/c1-17-15-21(12-13-23(17)28)32-26(25(30-27(32)33)24-11-7-8-14-29-24)22-16-18(2)31(19(22)3)20-9-5-4-6-10-20/h7-8,11-16,20,25-26H,4-6,9-10H2,1-3H3,(H,30,33)/t25-,26+/m1/s1. The number of aryl methyl sites for hydroxylation is 2. The Balaban J connectivity index is 1.64. The molecule has 3 heterocycles. The number of nitrogens with zero attached hydrogens (tertiary/aromatic N) is 3. The molecule has 1 N–H and O–H groups in total. The smallest absolute Gasteiger partial charge is 0.174 e. The Kier molecular flexibility index (Phi) is 5.95. The van der Waals surface area contributed by atoms with Crippen LogP contribution in [0.15, 0.2) is 48.7 Å². The van der Waals surface area contributed by atoms with Crippen molar-refractivity contribution in [3.63, 3.8) is 0 Å². The molecule has 1 aromatic carbocycles. The average molecular weight is 463 g/mol. The molecule has 0 bridgehead atoms. The van der Waals surface area contributed by atoms with Crippen LogP contribution in [0.25, 0.3) is 0 Å². The van der Waals surface area contributed by atoms with E-state index in [2.05, 4.69) is 39.7 Å². The van der Waals surface area contributed by atoms with Gasteiger partial charge < -0.3 is 14.8 Å². The summed E-state index contributed by atoms with van der Waals surface area (Å²) in [6, 6.07) is 14.0. The van der Waals surface area contributed by atoms with Gasteiger partial charge in [0, 0.05) is 29.3 Å². The summed E-state index contributed by atoms with van der Waals surface area (Å²) in [4.78, 5) is 6.81. The molecule has 1 aliphatic carbocycles. The highest BCUT2D eigenvalue weighted by Gasteiger charge is 2.42. The lowest BCUT2D eigenvalue weighted by atomic mass is 9.94. The van der Waals surface area contributed by atoms with Gasteiger partial charge in [-0.1, -0.05) is 25.3 Å². The summed E-state index contributed by atoms with van der Waals surface area (Å²) in [7, 11) is 0. The van der Waals surface area contributed by atoms with Crippen LogP contribution in [0.3, 0.4) is 0 Å². The molecule has 0 unspecified atom stereocenters. The SMILES string of the molecule is Cc1cc(N2C(=S)N[C@H](c3ccccn3)[C@@H]2c2cc(C)n(C3CCCCC3)c2C)ccc1F. The van der Waals surface area contributed by atoms with Gasteiger partial charge >= 0.3 is 0 Å². The summed E-state index contributed by atoms with van der Waals surface area (Å²) in [6.07, 6.45) is 8.23. The van der Waals surface area contributed by atoms with E-state index >= 15 is 0 Å². The molecule has 2 atom stereocenters. The number of benzene rings is 1. The lowest BCUT2D eigenvalue weighted by Gasteiger charge is -2.30. The zero-order chi connectivity index (χ0) is 23.1. The maximum atomic E-state index is 14.1. The summed E-state index contributed by atoms with van der Waals surface area (Å²) in [5.41, 5.74) is 6.31. The first-order valence-electron chi connectivity index (χ1n) is 11.9. The number of halogens is 1. The maximum absolute atomic E-state index is 14.1. The van der Waals surface area contributed by atoms with Gasteiger partial charge in [-0.15, -0.1) is 0 Å². The van der Waals surface area contributed by atoms with E-state index in [1.807, 2.05) is 36.5 Å². The van der Waals surface area contributed by atoms with Crippen LogP contribution in [0, 0.1) is 26.6 Å². The van der Waals surface area contributed by atoms with E-state index < -0.39 is 0 Å². The number of aromatic nitrogens is 2. The van der Waals surface area contributed by atoms with Crippen molar-refractivity contribution in [2.45, 2.75) is 71.0 Å².